The topological polar surface area (TPSA) is 66.0 Å². The summed E-state index contributed by atoms with van der Waals surface area (Å²) in [5.41, 5.74) is 0.293. The van der Waals surface area contributed by atoms with E-state index in [4.69, 9.17) is 4.74 Å². The van der Waals surface area contributed by atoms with Crippen LogP contribution in [-0.2, 0) is 16.0 Å². The van der Waals surface area contributed by atoms with Crippen LogP contribution >= 0.6 is 0 Å². The summed E-state index contributed by atoms with van der Waals surface area (Å²) in [5.74, 6) is -0.579. The van der Waals surface area contributed by atoms with Crippen LogP contribution in [0.2, 0.25) is 0 Å². The van der Waals surface area contributed by atoms with Crippen molar-refractivity contribution in [1.82, 2.24) is 15.5 Å². The van der Waals surface area contributed by atoms with Gasteiger partial charge in [-0.2, -0.15) is 0 Å². The lowest BCUT2D eigenvalue weighted by molar-refractivity contribution is -0.127. The summed E-state index contributed by atoms with van der Waals surface area (Å²) in [7, 11) is 3.34. The average Bonchev–Trinajstić information content (AvgIpc) is 2.66. The largest absolute Gasteiger partial charge is 0.376 e. The Kier molecular flexibility index (Phi) is 8.44. The van der Waals surface area contributed by atoms with Gasteiger partial charge in [0.2, 0.25) is 5.91 Å². The predicted octanol–water partition coefficient (Wildman–Crippen LogP) is 1.70. The Morgan fingerprint density at radius 3 is 2.81 bits per heavy atom. The molecule has 1 amide bonds. The first kappa shape index (κ1) is 21.1. The smallest absolute Gasteiger partial charge is 0.243 e. The van der Waals surface area contributed by atoms with E-state index < -0.39 is 11.6 Å². The number of halogens is 2. The molecule has 0 aromatic heterocycles. The fourth-order valence-electron chi connectivity index (χ4n) is 2.69. The normalized spacial score (nSPS) is 17.5. The molecule has 1 heterocycles. The van der Waals surface area contributed by atoms with Gasteiger partial charge in [-0.1, -0.05) is 0 Å². The third kappa shape index (κ3) is 7.50. The molecule has 1 saturated heterocycles. The van der Waals surface area contributed by atoms with Crippen molar-refractivity contribution in [2.75, 3.05) is 40.3 Å². The van der Waals surface area contributed by atoms with Gasteiger partial charge in [0.25, 0.3) is 0 Å². The van der Waals surface area contributed by atoms with Crippen molar-refractivity contribution in [3.8, 4) is 0 Å². The van der Waals surface area contributed by atoms with Crippen LogP contribution in [0.3, 0.4) is 0 Å². The molecule has 150 valence electrons. The van der Waals surface area contributed by atoms with Crippen LogP contribution in [-0.4, -0.2) is 63.2 Å². The third-order valence-electron chi connectivity index (χ3n) is 4.34. The summed E-state index contributed by atoms with van der Waals surface area (Å²) in [6.45, 7) is 1.69. The second kappa shape index (κ2) is 10.8. The van der Waals surface area contributed by atoms with E-state index in [-0.39, 0.29) is 18.6 Å². The Labute approximate surface area is 159 Å². The molecule has 0 spiro atoms. The third-order valence-corrected chi connectivity index (χ3v) is 4.34. The maximum atomic E-state index is 13.7. The van der Waals surface area contributed by atoms with Crippen molar-refractivity contribution in [2.24, 2.45) is 4.99 Å². The number of ether oxygens (including phenoxy) is 1. The molecule has 0 bridgehead atoms. The fourth-order valence-corrected chi connectivity index (χ4v) is 2.69. The van der Waals surface area contributed by atoms with E-state index >= 15 is 0 Å². The van der Waals surface area contributed by atoms with Gasteiger partial charge in [-0.3, -0.25) is 4.79 Å². The molecule has 2 rings (SSSR count). The molecule has 1 aromatic rings. The number of carbonyl (C=O) groups is 1. The minimum atomic E-state index is -0.468. The van der Waals surface area contributed by atoms with Crippen LogP contribution in [0.5, 0.6) is 0 Å². The minimum Gasteiger partial charge on any atom is -0.376 e. The Balaban J connectivity index is 1.90. The van der Waals surface area contributed by atoms with Gasteiger partial charge in [-0.25, -0.2) is 13.8 Å². The zero-order valence-electron chi connectivity index (χ0n) is 15.9. The van der Waals surface area contributed by atoms with Crippen LogP contribution in [0.1, 0.15) is 24.8 Å². The lowest BCUT2D eigenvalue weighted by atomic mass is 10.1. The Hall–Kier alpha value is -2.22. The van der Waals surface area contributed by atoms with Crippen molar-refractivity contribution in [1.29, 1.82) is 0 Å². The van der Waals surface area contributed by atoms with Crippen molar-refractivity contribution < 1.29 is 18.3 Å². The van der Waals surface area contributed by atoms with E-state index in [1.165, 1.54) is 11.0 Å². The molecule has 27 heavy (non-hydrogen) atoms. The van der Waals surface area contributed by atoms with E-state index in [2.05, 4.69) is 15.6 Å². The first-order valence-corrected chi connectivity index (χ1v) is 9.23. The second-order valence-electron chi connectivity index (χ2n) is 6.73. The molecular formula is C19H28F2N4O2. The summed E-state index contributed by atoms with van der Waals surface area (Å²) < 4.78 is 32.7. The van der Waals surface area contributed by atoms with E-state index in [0.717, 1.165) is 38.0 Å². The van der Waals surface area contributed by atoms with Crippen molar-refractivity contribution >= 4 is 11.9 Å². The number of benzene rings is 1. The first-order chi connectivity index (χ1) is 13.0. The number of aliphatic imine (C=N–C) groups is 1. The molecule has 6 nitrogen and oxygen atoms in total. The highest BCUT2D eigenvalue weighted by atomic mass is 19.1. The number of carbonyl (C=O) groups excluding carboxylic acids is 1. The highest BCUT2D eigenvalue weighted by Crippen LogP contribution is 2.12. The highest BCUT2D eigenvalue weighted by molar-refractivity contribution is 5.84. The lowest BCUT2D eigenvalue weighted by Crippen LogP contribution is -2.43. The summed E-state index contributed by atoms with van der Waals surface area (Å²) in [4.78, 5) is 17.5. The minimum absolute atomic E-state index is 0.00217. The monoisotopic (exact) mass is 382 g/mol. The SMILES string of the molecule is CN(C)C(=O)CN=C(NCCc1cc(F)ccc1F)NCC1CCCCO1. The van der Waals surface area contributed by atoms with E-state index in [9.17, 15) is 13.6 Å². The van der Waals surface area contributed by atoms with Gasteiger partial charge < -0.3 is 20.3 Å². The molecule has 0 radical (unpaired) electrons. The van der Waals surface area contributed by atoms with Crippen LogP contribution in [0.4, 0.5) is 8.78 Å². The fraction of sp³-hybridized carbons (Fsp3) is 0.579. The standard InChI is InChI=1S/C19H28F2N4O2/c1-25(2)18(26)13-24-19(23-12-16-5-3-4-10-27-16)22-9-8-14-11-15(20)6-7-17(14)21/h6-7,11,16H,3-5,8-10,12-13H2,1-2H3,(H2,22,23,24). The summed E-state index contributed by atoms with van der Waals surface area (Å²) in [5, 5.41) is 6.24. The van der Waals surface area contributed by atoms with E-state index in [1.54, 1.807) is 14.1 Å². The highest BCUT2D eigenvalue weighted by Gasteiger charge is 2.14. The summed E-state index contributed by atoms with van der Waals surface area (Å²) in [6.07, 6.45) is 3.59. The predicted molar refractivity (Wildman–Crippen MR) is 101 cm³/mol. The van der Waals surface area contributed by atoms with Crippen LogP contribution in [0.15, 0.2) is 23.2 Å². The number of nitrogens with one attached hydrogen (secondary N) is 2. The Morgan fingerprint density at radius 2 is 2.11 bits per heavy atom. The van der Waals surface area contributed by atoms with Crippen molar-refractivity contribution in [3.63, 3.8) is 0 Å². The molecular weight excluding hydrogens is 354 g/mol. The van der Waals surface area contributed by atoms with Crippen molar-refractivity contribution in [2.45, 2.75) is 31.8 Å². The Morgan fingerprint density at radius 1 is 1.30 bits per heavy atom. The maximum absolute atomic E-state index is 13.7. The van der Waals surface area contributed by atoms with Crippen LogP contribution in [0.25, 0.3) is 0 Å². The van der Waals surface area contributed by atoms with E-state index in [0.29, 0.717) is 31.0 Å². The zero-order chi connectivity index (χ0) is 19.6. The quantitative estimate of drug-likeness (QED) is 0.557. The zero-order valence-corrected chi connectivity index (χ0v) is 15.9. The number of hydrogen-bond donors (Lipinski definition) is 2. The molecule has 0 saturated carbocycles. The number of guanidine groups is 1. The van der Waals surface area contributed by atoms with Crippen LogP contribution < -0.4 is 10.6 Å². The number of amides is 1. The summed E-state index contributed by atoms with van der Waals surface area (Å²) in [6, 6.07) is 3.40. The molecule has 1 unspecified atom stereocenters. The van der Waals surface area contributed by atoms with Gasteiger partial charge in [0.15, 0.2) is 5.96 Å². The lowest BCUT2D eigenvalue weighted by Gasteiger charge is -2.24. The van der Waals surface area contributed by atoms with Gasteiger partial charge in [-0.15, -0.1) is 0 Å². The molecule has 1 aliphatic heterocycles. The first-order valence-electron chi connectivity index (χ1n) is 9.23. The number of likely N-dealkylation sites (N-methyl/N-ethyl adjacent to an activating group) is 1. The molecule has 8 heteroatoms. The number of hydrogen-bond acceptors (Lipinski definition) is 3. The van der Waals surface area contributed by atoms with Gasteiger partial charge >= 0.3 is 0 Å². The van der Waals surface area contributed by atoms with Gasteiger partial charge in [-0.05, 0) is 49.4 Å². The van der Waals surface area contributed by atoms with Crippen LogP contribution in [0, 0.1) is 11.6 Å². The molecule has 0 aliphatic carbocycles. The Bertz CT molecular complexity index is 647. The van der Waals surface area contributed by atoms with Crippen molar-refractivity contribution in [3.05, 3.63) is 35.4 Å². The number of nitrogens with zero attached hydrogens (tertiary/aromatic N) is 2. The van der Waals surface area contributed by atoms with Gasteiger partial charge in [0.05, 0.1) is 6.10 Å². The van der Waals surface area contributed by atoms with Gasteiger partial charge in [0, 0.05) is 33.8 Å². The number of rotatable bonds is 7. The average molecular weight is 382 g/mol. The second-order valence-corrected chi connectivity index (χ2v) is 6.73. The molecule has 1 atom stereocenters. The summed E-state index contributed by atoms with van der Waals surface area (Å²) >= 11 is 0. The molecule has 2 N–H and O–H groups in total. The van der Waals surface area contributed by atoms with E-state index in [1.807, 2.05) is 0 Å². The molecule has 1 fully saturated rings. The molecule has 1 aromatic carbocycles. The van der Waals surface area contributed by atoms with Gasteiger partial charge in [0.1, 0.15) is 18.2 Å². The molecule has 1 aliphatic rings. The maximum Gasteiger partial charge on any atom is 0.243 e.